The molecule has 0 radical (unpaired) electrons. The van der Waals surface area contributed by atoms with Crippen molar-refractivity contribution in [3.05, 3.63) is 65.7 Å². The molecule has 0 aromatic heterocycles. The summed E-state index contributed by atoms with van der Waals surface area (Å²) in [7, 11) is 0. The number of hydrogen-bond acceptors (Lipinski definition) is 2. The highest BCUT2D eigenvalue weighted by Crippen LogP contribution is 2.40. The summed E-state index contributed by atoms with van der Waals surface area (Å²) in [5.41, 5.74) is 2.25. The standard InChI is InChI=1S/C28H34F2O2/c1-3-5-19-6-16-25(32-18-19)23-13-9-21(10-14-23)20-7-11-22(12-8-20)24-15-17-26(31-4-2)28(30)27(24)29/h3,5,7-8,11-12,15,17,19,21,23,25H,4,6,9-10,13-14,16,18H2,1-2H3/b5-3+. The first-order valence-corrected chi connectivity index (χ1v) is 12.1. The fourth-order valence-corrected chi connectivity index (χ4v) is 5.37. The Balaban J connectivity index is 1.35. The van der Waals surface area contributed by atoms with Crippen molar-refractivity contribution < 1.29 is 18.3 Å². The van der Waals surface area contributed by atoms with Crippen LogP contribution in [0.3, 0.4) is 0 Å². The van der Waals surface area contributed by atoms with Crippen molar-refractivity contribution in [1.82, 2.24) is 0 Å². The maximum Gasteiger partial charge on any atom is 0.201 e. The molecule has 2 unspecified atom stereocenters. The fourth-order valence-electron chi connectivity index (χ4n) is 5.37. The first-order chi connectivity index (χ1) is 15.6. The van der Waals surface area contributed by atoms with E-state index in [2.05, 4.69) is 31.2 Å². The predicted molar refractivity (Wildman–Crippen MR) is 125 cm³/mol. The minimum absolute atomic E-state index is 0.0403. The van der Waals surface area contributed by atoms with Crippen molar-refractivity contribution in [3.63, 3.8) is 0 Å². The zero-order chi connectivity index (χ0) is 22.5. The van der Waals surface area contributed by atoms with Crippen molar-refractivity contribution in [2.24, 2.45) is 11.8 Å². The van der Waals surface area contributed by atoms with Gasteiger partial charge in [0, 0.05) is 11.5 Å². The molecule has 0 N–H and O–H groups in total. The SMILES string of the molecule is C/C=C/C1CCC(C2CCC(c3ccc(-c4ccc(OCC)c(F)c4F)cc3)CC2)OC1. The Morgan fingerprint density at radius 2 is 1.69 bits per heavy atom. The van der Waals surface area contributed by atoms with E-state index in [0.29, 0.717) is 36.0 Å². The molecule has 1 aliphatic carbocycles. The van der Waals surface area contributed by atoms with E-state index in [0.717, 1.165) is 19.4 Å². The molecule has 4 rings (SSSR count). The second-order valence-electron chi connectivity index (χ2n) is 9.14. The monoisotopic (exact) mass is 440 g/mol. The van der Waals surface area contributed by atoms with Crippen LogP contribution in [0.15, 0.2) is 48.6 Å². The topological polar surface area (TPSA) is 18.5 Å². The molecule has 1 saturated carbocycles. The molecule has 2 aliphatic rings. The Bertz CT molecular complexity index is 906. The third kappa shape index (κ3) is 5.06. The summed E-state index contributed by atoms with van der Waals surface area (Å²) >= 11 is 0. The summed E-state index contributed by atoms with van der Waals surface area (Å²) in [5.74, 6) is -0.0390. The molecule has 1 aliphatic heterocycles. The van der Waals surface area contributed by atoms with Gasteiger partial charge in [0.1, 0.15) is 0 Å². The fraction of sp³-hybridized carbons (Fsp3) is 0.500. The molecule has 0 amide bonds. The molecule has 2 aromatic rings. The van der Waals surface area contributed by atoms with Gasteiger partial charge in [-0.15, -0.1) is 0 Å². The quantitative estimate of drug-likeness (QED) is 0.429. The van der Waals surface area contributed by atoms with Crippen molar-refractivity contribution in [3.8, 4) is 16.9 Å². The molecule has 0 spiro atoms. The Kier molecular flexibility index (Phi) is 7.62. The average molecular weight is 441 g/mol. The summed E-state index contributed by atoms with van der Waals surface area (Å²) < 4.78 is 40.1. The van der Waals surface area contributed by atoms with Crippen molar-refractivity contribution in [1.29, 1.82) is 0 Å². The summed E-state index contributed by atoms with van der Waals surface area (Å²) in [4.78, 5) is 0. The number of allylic oxidation sites excluding steroid dienone is 1. The summed E-state index contributed by atoms with van der Waals surface area (Å²) in [5, 5.41) is 0. The highest BCUT2D eigenvalue weighted by molar-refractivity contribution is 5.65. The van der Waals surface area contributed by atoms with E-state index in [1.807, 2.05) is 12.1 Å². The minimum Gasteiger partial charge on any atom is -0.491 e. The van der Waals surface area contributed by atoms with E-state index in [4.69, 9.17) is 9.47 Å². The lowest BCUT2D eigenvalue weighted by Gasteiger charge is -2.37. The summed E-state index contributed by atoms with van der Waals surface area (Å²) in [6, 6.07) is 11.1. The number of benzene rings is 2. The zero-order valence-corrected chi connectivity index (χ0v) is 19.2. The van der Waals surface area contributed by atoms with Gasteiger partial charge in [-0.05, 0) is 87.5 Å². The predicted octanol–water partition coefficient (Wildman–Crippen LogP) is 7.68. The molecular weight excluding hydrogens is 406 g/mol. The van der Waals surface area contributed by atoms with Crippen molar-refractivity contribution in [2.75, 3.05) is 13.2 Å². The van der Waals surface area contributed by atoms with Crippen LogP contribution in [0.25, 0.3) is 11.1 Å². The summed E-state index contributed by atoms with van der Waals surface area (Å²) in [6.07, 6.45) is 11.9. The van der Waals surface area contributed by atoms with Crippen molar-refractivity contribution in [2.45, 2.75) is 64.4 Å². The van der Waals surface area contributed by atoms with Gasteiger partial charge in [-0.1, -0.05) is 36.4 Å². The zero-order valence-electron chi connectivity index (χ0n) is 19.2. The van der Waals surface area contributed by atoms with Gasteiger partial charge >= 0.3 is 0 Å². The van der Waals surface area contributed by atoms with E-state index >= 15 is 0 Å². The van der Waals surface area contributed by atoms with Crippen LogP contribution < -0.4 is 4.74 Å². The molecular formula is C28H34F2O2. The molecule has 2 aromatic carbocycles. The van der Waals surface area contributed by atoms with Crippen LogP contribution in [-0.4, -0.2) is 19.3 Å². The van der Waals surface area contributed by atoms with Crippen LogP contribution in [0.2, 0.25) is 0 Å². The normalized spacial score (nSPS) is 26.4. The molecule has 2 nitrogen and oxygen atoms in total. The largest absolute Gasteiger partial charge is 0.491 e. The van der Waals surface area contributed by atoms with Crippen molar-refractivity contribution >= 4 is 0 Å². The lowest BCUT2D eigenvalue weighted by Crippen LogP contribution is -2.33. The highest BCUT2D eigenvalue weighted by Gasteiger charge is 2.31. The average Bonchev–Trinajstić information content (AvgIpc) is 2.83. The van der Waals surface area contributed by atoms with Crippen LogP contribution in [-0.2, 0) is 4.74 Å². The van der Waals surface area contributed by atoms with Crippen LogP contribution in [0.5, 0.6) is 5.75 Å². The maximum atomic E-state index is 14.5. The van der Waals surface area contributed by atoms with Gasteiger partial charge in [-0.2, -0.15) is 4.39 Å². The van der Waals surface area contributed by atoms with Gasteiger partial charge in [0.25, 0.3) is 0 Å². The molecule has 0 bridgehead atoms. The van der Waals surface area contributed by atoms with Gasteiger partial charge in [-0.25, -0.2) is 4.39 Å². The van der Waals surface area contributed by atoms with Crippen LogP contribution in [0.4, 0.5) is 8.78 Å². The van der Waals surface area contributed by atoms with Crippen LogP contribution in [0, 0.1) is 23.5 Å². The minimum atomic E-state index is -0.922. The number of rotatable bonds is 6. The van der Waals surface area contributed by atoms with Crippen LogP contribution >= 0.6 is 0 Å². The van der Waals surface area contributed by atoms with Gasteiger partial charge in [-0.3, -0.25) is 0 Å². The third-order valence-electron chi connectivity index (χ3n) is 7.15. The van der Waals surface area contributed by atoms with Crippen LogP contribution in [0.1, 0.15) is 63.9 Å². The molecule has 172 valence electrons. The van der Waals surface area contributed by atoms with E-state index in [1.54, 1.807) is 13.0 Å². The molecule has 2 atom stereocenters. The molecule has 2 fully saturated rings. The Morgan fingerprint density at radius 3 is 2.31 bits per heavy atom. The maximum absolute atomic E-state index is 14.5. The highest BCUT2D eigenvalue weighted by atomic mass is 19.2. The van der Waals surface area contributed by atoms with Gasteiger partial charge < -0.3 is 9.47 Å². The summed E-state index contributed by atoms with van der Waals surface area (Å²) in [6.45, 7) is 4.99. The Hall–Kier alpha value is -2.20. The lowest BCUT2D eigenvalue weighted by molar-refractivity contribution is -0.0470. The molecule has 4 heteroatoms. The van der Waals surface area contributed by atoms with E-state index in [-0.39, 0.29) is 11.3 Å². The van der Waals surface area contributed by atoms with Gasteiger partial charge in [0.15, 0.2) is 11.6 Å². The molecule has 1 saturated heterocycles. The molecule has 1 heterocycles. The lowest BCUT2D eigenvalue weighted by atomic mass is 9.75. The Labute approximate surface area is 190 Å². The number of ether oxygens (including phenoxy) is 2. The van der Waals surface area contributed by atoms with E-state index in [1.165, 1.54) is 37.3 Å². The third-order valence-corrected chi connectivity index (χ3v) is 7.15. The smallest absolute Gasteiger partial charge is 0.201 e. The van der Waals surface area contributed by atoms with Gasteiger partial charge in [0.05, 0.1) is 19.3 Å². The number of halogens is 2. The second-order valence-corrected chi connectivity index (χ2v) is 9.14. The first kappa shape index (κ1) is 23.0. The van der Waals surface area contributed by atoms with E-state index < -0.39 is 11.6 Å². The Morgan fingerprint density at radius 1 is 0.938 bits per heavy atom. The second kappa shape index (κ2) is 10.6. The van der Waals surface area contributed by atoms with Gasteiger partial charge in [0.2, 0.25) is 5.82 Å². The molecule has 32 heavy (non-hydrogen) atoms. The first-order valence-electron chi connectivity index (χ1n) is 12.1. The number of hydrogen-bond donors (Lipinski definition) is 0. The van der Waals surface area contributed by atoms with E-state index in [9.17, 15) is 8.78 Å².